The summed E-state index contributed by atoms with van der Waals surface area (Å²) < 4.78 is 2.85. The van der Waals surface area contributed by atoms with Gasteiger partial charge in [-0.05, 0) is 24.2 Å². The molecule has 3 heteroatoms. The molecule has 1 heterocycles. The molecular weight excluding hydrogens is 190 g/mol. The molecule has 0 aromatic rings. The first-order valence-electron chi connectivity index (χ1n) is 5.90. The molecule has 0 aromatic heterocycles. The van der Waals surface area contributed by atoms with Gasteiger partial charge < -0.3 is 4.57 Å². The van der Waals surface area contributed by atoms with Crippen LogP contribution >= 0.6 is 0 Å². The Labute approximate surface area is 87.4 Å². The second kappa shape index (κ2) is 5.32. The van der Waals surface area contributed by atoms with E-state index >= 15 is 0 Å². The van der Waals surface area contributed by atoms with Crippen molar-refractivity contribution >= 4 is 18.5 Å². The quantitative estimate of drug-likeness (QED) is 0.650. The summed E-state index contributed by atoms with van der Waals surface area (Å²) in [6.45, 7) is 9.50. The number of hydrogen-bond acceptors (Lipinski definition) is 1. The van der Waals surface area contributed by atoms with E-state index in [0.717, 1.165) is 12.1 Å². The van der Waals surface area contributed by atoms with Crippen LogP contribution in [0, 0.1) is 0 Å². The fourth-order valence-corrected chi connectivity index (χ4v) is 11.8. The lowest BCUT2D eigenvalue weighted by Gasteiger charge is -2.39. The van der Waals surface area contributed by atoms with Crippen molar-refractivity contribution < 1.29 is 0 Å². The summed E-state index contributed by atoms with van der Waals surface area (Å²) in [6, 6.07) is 8.12. The van der Waals surface area contributed by atoms with Crippen LogP contribution in [0.15, 0.2) is 0 Å². The minimum absolute atomic E-state index is 0.404. The SMILES string of the molecule is CC(C)N(C(C)C)[SiH]1CC[SiH2]CC1. The lowest BCUT2D eigenvalue weighted by Crippen LogP contribution is -2.49. The van der Waals surface area contributed by atoms with Gasteiger partial charge in [-0.15, -0.1) is 0 Å². The first kappa shape index (κ1) is 11.5. The maximum Gasteiger partial charge on any atom is 0.111 e. The predicted molar refractivity (Wildman–Crippen MR) is 67.0 cm³/mol. The van der Waals surface area contributed by atoms with Gasteiger partial charge in [-0.1, -0.05) is 39.8 Å². The molecular formula is C10H25NSi2. The third kappa shape index (κ3) is 3.22. The molecule has 0 aromatic carbocycles. The molecule has 78 valence electrons. The molecule has 1 saturated heterocycles. The van der Waals surface area contributed by atoms with Gasteiger partial charge in [-0.25, -0.2) is 0 Å². The van der Waals surface area contributed by atoms with Gasteiger partial charge in [0.2, 0.25) is 0 Å². The fraction of sp³-hybridized carbons (Fsp3) is 1.00. The number of nitrogens with zero attached hydrogens (tertiary/aromatic N) is 1. The molecule has 1 nitrogen and oxygen atoms in total. The Morgan fingerprint density at radius 1 is 1.00 bits per heavy atom. The highest BCUT2D eigenvalue weighted by Gasteiger charge is 2.26. The standard InChI is InChI=1S/C10H25NSi2/c1-9(2)11(10(3)4)13-7-5-12-6-8-13/h9-10,13H,5-8,12H2,1-4H3. The minimum Gasteiger partial charge on any atom is -0.322 e. The van der Waals surface area contributed by atoms with Gasteiger partial charge in [-0.2, -0.15) is 0 Å². The van der Waals surface area contributed by atoms with E-state index in [1.165, 1.54) is 0 Å². The minimum atomic E-state index is -0.489. The van der Waals surface area contributed by atoms with E-state index in [9.17, 15) is 0 Å². The molecule has 13 heavy (non-hydrogen) atoms. The van der Waals surface area contributed by atoms with Crippen LogP contribution in [0.2, 0.25) is 24.2 Å². The molecule has 0 N–H and O–H groups in total. The normalized spacial score (nSPS) is 26.5. The van der Waals surface area contributed by atoms with E-state index < -0.39 is 8.96 Å². The van der Waals surface area contributed by atoms with Gasteiger partial charge in [0, 0.05) is 9.52 Å². The Bertz CT molecular complexity index is 134. The highest BCUT2D eigenvalue weighted by molar-refractivity contribution is 6.61. The zero-order valence-corrected chi connectivity index (χ0v) is 12.3. The molecule has 1 rings (SSSR count). The van der Waals surface area contributed by atoms with E-state index in [1.54, 1.807) is 24.2 Å². The zero-order chi connectivity index (χ0) is 9.84. The fourth-order valence-electron chi connectivity index (χ4n) is 2.82. The third-order valence-electron chi connectivity index (χ3n) is 3.19. The topological polar surface area (TPSA) is 3.24 Å². The van der Waals surface area contributed by atoms with Crippen LogP contribution in [-0.4, -0.2) is 35.1 Å². The van der Waals surface area contributed by atoms with Crippen molar-refractivity contribution in [1.82, 2.24) is 4.57 Å². The predicted octanol–water partition coefficient (Wildman–Crippen LogP) is 1.85. The summed E-state index contributed by atoms with van der Waals surface area (Å²) >= 11 is 0. The highest BCUT2D eigenvalue weighted by Crippen LogP contribution is 2.21. The van der Waals surface area contributed by atoms with Crippen molar-refractivity contribution in [1.29, 1.82) is 0 Å². The van der Waals surface area contributed by atoms with Crippen molar-refractivity contribution in [3.05, 3.63) is 0 Å². The van der Waals surface area contributed by atoms with Crippen LogP contribution in [0.1, 0.15) is 27.7 Å². The average molecular weight is 215 g/mol. The molecule has 0 unspecified atom stereocenters. The summed E-state index contributed by atoms with van der Waals surface area (Å²) in [4.78, 5) is 0. The molecule has 0 amide bonds. The van der Waals surface area contributed by atoms with Gasteiger partial charge in [0.25, 0.3) is 0 Å². The Morgan fingerprint density at radius 3 is 1.85 bits per heavy atom. The van der Waals surface area contributed by atoms with E-state index in [2.05, 4.69) is 32.3 Å². The number of rotatable bonds is 3. The van der Waals surface area contributed by atoms with Crippen molar-refractivity contribution in [3.8, 4) is 0 Å². The van der Waals surface area contributed by atoms with Gasteiger partial charge in [0.1, 0.15) is 8.96 Å². The van der Waals surface area contributed by atoms with E-state index in [4.69, 9.17) is 0 Å². The molecule has 1 aliphatic rings. The second-order valence-corrected chi connectivity index (χ2v) is 10.1. The van der Waals surface area contributed by atoms with Gasteiger partial charge in [-0.3, -0.25) is 0 Å². The molecule has 0 radical (unpaired) electrons. The van der Waals surface area contributed by atoms with Crippen LogP contribution in [0.4, 0.5) is 0 Å². The lowest BCUT2D eigenvalue weighted by molar-refractivity contribution is 0.301. The smallest absolute Gasteiger partial charge is 0.111 e. The Kier molecular flexibility index (Phi) is 4.69. The van der Waals surface area contributed by atoms with E-state index in [-0.39, 0.29) is 0 Å². The van der Waals surface area contributed by atoms with Crippen molar-refractivity contribution in [2.75, 3.05) is 0 Å². The maximum absolute atomic E-state index is 2.85. The summed E-state index contributed by atoms with van der Waals surface area (Å²) in [5.41, 5.74) is 0. The Hall–Kier alpha value is 0.394. The summed E-state index contributed by atoms with van der Waals surface area (Å²) in [6.07, 6.45) is 0. The first-order valence-corrected chi connectivity index (χ1v) is 10.0. The van der Waals surface area contributed by atoms with Crippen LogP contribution in [-0.2, 0) is 0 Å². The van der Waals surface area contributed by atoms with Crippen molar-refractivity contribution in [3.63, 3.8) is 0 Å². The van der Waals surface area contributed by atoms with Crippen LogP contribution < -0.4 is 0 Å². The number of hydrogen-bond donors (Lipinski definition) is 0. The monoisotopic (exact) mass is 215 g/mol. The zero-order valence-electron chi connectivity index (χ0n) is 9.71. The van der Waals surface area contributed by atoms with Crippen LogP contribution in [0.5, 0.6) is 0 Å². The maximum atomic E-state index is 2.85. The van der Waals surface area contributed by atoms with Gasteiger partial charge >= 0.3 is 0 Å². The molecule has 1 fully saturated rings. The largest absolute Gasteiger partial charge is 0.322 e. The Morgan fingerprint density at radius 2 is 1.46 bits per heavy atom. The van der Waals surface area contributed by atoms with Gasteiger partial charge in [0.15, 0.2) is 0 Å². The molecule has 1 aliphatic heterocycles. The second-order valence-electron chi connectivity index (χ2n) is 4.93. The highest BCUT2D eigenvalue weighted by atomic mass is 28.3. The molecule has 0 atom stereocenters. The van der Waals surface area contributed by atoms with Gasteiger partial charge in [0.05, 0.1) is 0 Å². The summed E-state index contributed by atoms with van der Waals surface area (Å²) in [5.74, 6) is 0. The summed E-state index contributed by atoms with van der Waals surface area (Å²) in [5, 5.41) is 0. The molecule has 0 bridgehead atoms. The molecule has 0 saturated carbocycles. The van der Waals surface area contributed by atoms with Crippen molar-refractivity contribution in [2.24, 2.45) is 0 Å². The molecule has 0 spiro atoms. The third-order valence-corrected chi connectivity index (χ3v) is 10.8. The lowest BCUT2D eigenvalue weighted by atomic mass is 10.3. The van der Waals surface area contributed by atoms with E-state index in [0.29, 0.717) is 9.52 Å². The molecule has 0 aliphatic carbocycles. The first-order chi connectivity index (χ1) is 6.13. The van der Waals surface area contributed by atoms with Crippen LogP contribution in [0.3, 0.4) is 0 Å². The van der Waals surface area contributed by atoms with Crippen LogP contribution in [0.25, 0.3) is 0 Å². The Balaban J connectivity index is 2.52. The average Bonchev–Trinajstić information content (AvgIpc) is 2.04. The van der Waals surface area contributed by atoms with Crippen molar-refractivity contribution in [2.45, 2.75) is 64.0 Å². The summed E-state index contributed by atoms with van der Waals surface area (Å²) in [7, 11) is -0.0852. The van der Waals surface area contributed by atoms with E-state index in [1.807, 2.05) is 0 Å².